The largest absolute Gasteiger partial charge is 0.394 e. The van der Waals surface area contributed by atoms with Crippen molar-refractivity contribution in [2.45, 2.75) is 216 Å². The van der Waals surface area contributed by atoms with Gasteiger partial charge in [0, 0.05) is 12.3 Å². The summed E-state index contributed by atoms with van der Waals surface area (Å²) in [4.78, 5) is 0. The Bertz CT molecular complexity index is 1560. The van der Waals surface area contributed by atoms with Crippen LogP contribution in [0.3, 0.4) is 0 Å². The maximum atomic E-state index is 12.2. The fourth-order valence-corrected chi connectivity index (χ4v) is 14.1. The van der Waals surface area contributed by atoms with Gasteiger partial charge in [0.1, 0.15) is 61.0 Å². The average molecular weight is 905 g/mol. The van der Waals surface area contributed by atoms with Gasteiger partial charge in [-0.1, -0.05) is 27.7 Å². The van der Waals surface area contributed by atoms with E-state index in [1.165, 1.54) is 6.92 Å². The van der Waals surface area contributed by atoms with Crippen LogP contribution in [0.4, 0.5) is 0 Å². The second kappa shape index (κ2) is 18.3. The van der Waals surface area contributed by atoms with E-state index in [1.807, 2.05) is 6.92 Å². The lowest BCUT2D eigenvalue weighted by Crippen LogP contribution is -2.64. The lowest BCUT2D eigenvalue weighted by molar-refractivity contribution is -0.363. The van der Waals surface area contributed by atoms with Gasteiger partial charge < -0.3 is 89.3 Å². The van der Waals surface area contributed by atoms with Gasteiger partial charge in [-0.05, 0) is 112 Å². The number of aliphatic hydroxyl groups is 11. The highest BCUT2D eigenvalue weighted by molar-refractivity contribution is 5.16. The number of hydrogen-bond donors (Lipinski definition) is 11. The zero-order chi connectivity index (χ0) is 45.7. The molecule has 8 aliphatic rings. The van der Waals surface area contributed by atoms with Crippen molar-refractivity contribution in [3.8, 4) is 0 Å². The van der Waals surface area contributed by atoms with E-state index in [2.05, 4.69) is 20.8 Å². The molecular formula is C45H76O18. The number of fused-ring (bicyclic) bond motifs is 7. The molecule has 0 aromatic carbocycles. The van der Waals surface area contributed by atoms with Crippen molar-refractivity contribution < 1.29 is 89.3 Å². The lowest BCUT2D eigenvalue weighted by atomic mass is 9.43. The highest BCUT2D eigenvalue weighted by Gasteiger charge is 2.69. The third kappa shape index (κ3) is 8.49. The predicted octanol–water partition coefficient (Wildman–Crippen LogP) is -0.753. The van der Waals surface area contributed by atoms with Crippen molar-refractivity contribution in [2.75, 3.05) is 13.2 Å². The van der Waals surface area contributed by atoms with E-state index in [-0.39, 0.29) is 59.0 Å². The van der Waals surface area contributed by atoms with Crippen LogP contribution in [0.1, 0.15) is 99.3 Å². The molecule has 4 heterocycles. The number of ether oxygens (including phenoxy) is 7. The molecule has 4 saturated carbocycles. The van der Waals surface area contributed by atoms with E-state index in [0.717, 1.165) is 25.7 Å². The fraction of sp³-hybridized carbons (Fsp3) is 1.00. The van der Waals surface area contributed by atoms with Crippen LogP contribution in [0.5, 0.6) is 0 Å². The van der Waals surface area contributed by atoms with Crippen LogP contribution >= 0.6 is 0 Å². The molecule has 8 fully saturated rings. The Morgan fingerprint density at radius 2 is 1.29 bits per heavy atom. The first kappa shape index (κ1) is 48.7. The van der Waals surface area contributed by atoms with Crippen LogP contribution in [0.2, 0.25) is 0 Å². The smallest absolute Gasteiger partial charge is 0.187 e. The monoisotopic (exact) mass is 905 g/mol. The van der Waals surface area contributed by atoms with Gasteiger partial charge in [-0.15, -0.1) is 0 Å². The van der Waals surface area contributed by atoms with Gasteiger partial charge in [-0.3, -0.25) is 0 Å². The molecule has 8 rings (SSSR count). The first-order chi connectivity index (χ1) is 29.6. The summed E-state index contributed by atoms with van der Waals surface area (Å²) in [7, 11) is 0. The summed E-state index contributed by atoms with van der Waals surface area (Å²) in [5.74, 6) is -0.753. The quantitative estimate of drug-likeness (QED) is 0.114. The molecule has 4 aliphatic carbocycles. The molecule has 364 valence electrons. The zero-order valence-corrected chi connectivity index (χ0v) is 37.5. The van der Waals surface area contributed by atoms with E-state index in [9.17, 15) is 56.2 Å². The normalized spacial score (nSPS) is 57.5. The number of aliphatic hydroxyl groups excluding tert-OH is 10. The first-order valence-electron chi connectivity index (χ1n) is 23.7. The molecule has 18 heteroatoms. The summed E-state index contributed by atoms with van der Waals surface area (Å²) in [6, 6.07) is 0. The third-order valence-electron chi connectivity index (χ3n) is 17.9. The van der Waals surface area contributed by atoms with E-state index in [4.69, 9.17) is 33.2 Å². The molecule has 4 saturated heterocycles. The van der Waals surface area contributed by atoms with Gasteiger partial charge in [0.25, 0.3) is 0 Å². The van der Waals surface area contributed by atoms with Gasteiger partial charge in [-0.25, -0.2) is 0 Å². The van der Waals surface area contributed by atoms with Crippen LogP contribution in [-0.4, -0.2) is 186 Å². The molecule has 0 bridgehead atoms. The summed E-state index contributed by atoms with van der Waals surface area (Å²) < 4.78 is 42.7. The lowest BCUT2D eigenvalue weighted by Gasteiger charge is -2.63. The van der Waals surface area contributed by atoms with Crippen LogP contribution in [-0.2, 0) is 33.2 Å². The molecule has 0 aromatic rings. The molecule has 18 nitrogen and oxygen atoms in total. The molecule has 1 unspecified atom stereocenters. The second-order valence-electron chi connectivity index (χ2n) is 21.6. The predicted molar refractivity (Wildman–Crippen MR) is 218 cm³/mol. The van der Waals surface area contributed by atoms with Crippen molar-refractivity contribution >= 4 is 0 Å². The Morgan fingerprint density at radius 1 is 0.651 bits per heavy atom. The van der Waals surface area contributed by atoms with Crippen molar-refractivity contribution in [1.29, 1.82) is 0 Å². The van der Waals surface area contributed by atoms with Crippen LogP contribution in [0.15, 0.2) is 0 Å². The number of hydrogen-bond acceptors (Lipinski definition) is 18. The Hall–Kier alpha value is -0.720. The minimum atomic E-state index is -1.64. The van der Waals surface area contributed by atoms with Crippen LogP contribution in [0, 0.1) is 52.3 Å². The van der Waals surface area contributed by atoms with Gasteiger partial charge >= 0.3 is 0 Å². The molecule has 4 aliphatic heterocycles. The Kier molecular flexibility index (Phi) is 14.2. The first-order valence-corrected chi connectivity index (χ1v) is 23.7. The van der Waals surface area contributed by atoms with E-state index >= 15 is 0 Å². The van der Waals surface area contributed by atoms with Gasteiger partial charge in [0.15, 0.2) is 24.7 Å². The molecule has 28 atom stereocenters. The molecule has 11 N–H and O–H groups in total. The highest BCUT2D eigenvalue weighted by Crippen LogP contribution is 2.71. The van der Waals surface area contributed by atoms with E-state index in [1.54, 1.807) is 6.92 Å². The molecular weight excluding hydrogens is 828 g/mol. The zero-order valence-electron chi connectivity index (χ0n) is 37.5. The van der Waals surface area contributed by atoms with Crippen molar-refractivity contribution in [2.24, 2.45) is 52.3 Å². The summed E-state index contributed by atoms with van der Waals surface area (Å²) in [5.41, 5.74) is -0.329. The van der Waals surface area contributed by atoms with Crippen molar-refractivity contribution in [1.82, 2.24) is 0 Å². The van der Waals surface area contributed by atoms with E-state index in [0.29, 0.717) is 38.0 Å². The summed E-state index contributed by atoms with van der Waals surface area (Å²) >= 11 is 0. The summed E-state index contributed by atoms with van der Waals surface area (Å²) in [6.45, 7) is 11.5. The van der Waals surface area contributed by atoms with Gasteiger partial charge in [-0.2, -0.15) is 0 Å². The molecule has 0 spiro atoms. The standard InChI is InChI=1S/C45H76O18/c1-18(17-57-40-36(53)35(52)33(50)29(16-46)61-40)7-12-45(56)19(2)30-28(63-45)15-25-23-14-27(26-13-22(47)8-10-43(26,5)24(23)9-11-44(25,30)6)60-42-38(55)39(32(49)21(4)59-42)62-41-37(54)34(51)31(48)20(3)58-41/h18-42,46-56H,7-17H2,1-6H3/t18-,19-,20-,21+,22-,23+,24-,25-,26+,27-,28-,29+,30-,31-,32+,33+,34+,35-,36+,37+,38+,39-,40+,41-,42-,43+,44-,45?/m0/s1. The maximum absolute atomic E-state index is 12.2. The Balaban J connectivity index is 0.945. The van der Waals surface area contributed by atoms with Crippen molar-refractivity contribution in [3.05, 3.63) is 0 Å². The van der Waals surface area contributed by atoms with Crippen molar-refractivity contribution in [3.63, 3.8) is 0 Å². The highest BCUT2D eigenvalue weighted by atomic mass is 16.7. The SMILES string of the molecule is C[C@@H](CCC1(O)O[C@H]2C[C@H]3[C@@H]4C[C@H](O[C@@H]5O[C@H](C)[C@@H](O)[C@H](O[C@@H]6O[C@@H](C)[C@H](O)[C@@H](O)[C@H]6O)[C@H]5O)[C@H]5C[C@@H](O)CC[C@]5(C)[C@H]4CC[C@]3(C)[C@H]2[C@@H]1C)CO[C@@H]1O[C@H](CO)[C@@H](O)[C@H](O)[C@H]1O. The third-order valence-corrected chi connectivity index (χ3v) is 17.9. The fourth-order valence-electron chi connectivity index (χ4n) is 14.1. The maximum Gasteiger partial charge on any atom is 0.187 e. The summed E-state index contributed by atoms with van der Waals surface area (Å²) in [5, 5.41) is 118. The average Bonchev–Trinajstić information content (AvgIpc) is 3.68. The number of rotatable bonds is 11. The Morgan fingerprint density at radius 3 is 1.98 bits per heavy atom. The minimum absolute atomic E-state index is 0.0435. The minimum Gasteiger partial charge on any atom is -0.394 e. The second-order valence-corrected chi connectivity index (χ2v) is 21.6. The van der Waals surface area contributed by atoms with Crippen LogP contribution < -0.4 is 0 Å². The summed E-state index contributed by atoms with van der Waals surface area (Å²) in [6.07, 6.45) is -14.7. The van der Waals surface area contributed by atoms with Gasteiger partial charge in [0.2, 0.25) is 0 Å². The Labute approximate surface area is 369 Å². The molecule has 63 heavy (non-hydrogen) atoms. The molecule has 0 aromatic heterocycles. The molecule has 0 amide bonds. The molecule has 0 radical (unpaired) electrons. The van der Waals surface area contributed by atoms with Crippen LogP contribution in [0.25, 0.3) is 0 Å². The van der Waals surface area contributed by atoms with E-state index < -0.39 is 117 Å². The van der Waals surface area contributed by atoms with Gasteiger partial charge in [0.05, 0.1) is 43.7 Å². The topological polar surface area (TPSA) is 287 Å².